The molecular weight excluding hydrogens is 288 g/mol. The van der Waals surface area contributed by atoms with Crippen molar-refractivity contribution in [3.63, 3.8) is 0 Å². The van der Waals surface area contributed by atoms with Crippen LogP contribution in [0.1, 0.15) is 25.0 Å². The molecule has 0 aliphatic carbocycles. The lowest BCUT2D eigenvalue weighted by Gasteiger charge is -2.34. The Morgan fingerprint density at radius 2 is 1.95 bits per heavy atom. The minimum atomic E-state index is -0.0369. The summed E-state index contributed by atoms with van der Waals surface area (Å²) in [7, 11) is 0. The number of benzene rings is 1. The van der Waals surface area contributed by atoms with E-state index in [9.17, 15) is 4.79 Å². The molecule has 1 N–H and O–H groups in total. The van der Waals surface area contributed by atoms with Gasteiger partial charge in [-0.3, -0.25) is 9.69 Å². The summed E-state index contributed by atoms with van der Waals surface area (Å²) in [5, 5.41) is 3.52. The number of aryl methyl sites for hydroxylation is 2. The van der Waals surface area contributed by atoms with E-state index >= 15 is 0 Å². The summed E-state index contributed by atoms with van der Waals surface area (Å²) in [4.78, 5) is 14.3. The monoisotopic (exact) mass is 310 g/mol. The van der Waals surface area contributed by atoms with Gasteiger partial charge in [-0.05, 0) is 44.9 Å². The molecule has 116 valence electrons. The highest BCUT2D eigenvalue weighted by atomic mass is 35.5. The lowest BCUT2D eigenvalue weighted by atomic mass is 10.1. The zero-order valence-electron chi connectivity index (χ0n) is 13.1. The van der Waals surface area contributed by atoms with Crippen LogP contribution in [0.15, 0.2) is 12.1 Å². The van der Waals surface area contributed by atoms with Crippen molar-refractivity contribution in [2.45, 2.75) is 39.9 Å². The molecule has 0 saturated carbocycles. The number of rotatable bonds is 3. The summed E-state index contributed by atoms with van der Waals surface area (Å²) in [5.41, 5.74) is 2.78. The predicted molar refractivity (Wildman–Crippen MR) is 86.0 cm³/mol. The highest BCUT2D eigenvalue weighted by molar-refractivity contribution is 6.34. The van der Waals surface area contributed by atoms with Gasteiger partial charge in [-0.2, -0.15) is 0 Å². The average Bonchev–Trinajstić information content (AvgIpc) is 2.32. The minimum absolute atomic E-state index is 0.0369. The van der Waals surface area contributed by atoms with Gasteiger partial charge in [0.05, 0.1) is 29.5 Å². The van der Waals surface area contributed by atoms with Gasteiger partial charge >= 0.3 is 0 Å². The van der Waals surface area contributed by atoms with E-state index in [4.69, 9.17) is 16.3 Å². The number of morpholine rings is 1. The number of halogens is 1. The number of hydrogen-bond acceptors (Lipinski definition) is 3. The van der Waals surface area contributed by atoms with Crippen LogP contribution in [-0.4, -0.2) is 42.6 Å². The third kappa shape index (κ3) is 4.43. The summed E-state index contributed by atoms with van der Waals surface area (Å²) in [6, 6.07) is 3.88. The fourth-order valence-electron chi connectivity index (χ4n) is 2.87. The van der Waals surface area contributed by atoms with Crippen LogP contribution in [0.5, 0.6) is 0 Å². The molecular formula is C16H23ClN2O2. The van der Waals surface area contributed by atoms with E-state index in [2.05, 4.69) is 10.2 Å². The number of anilines is 1. The normalized spacial score (nSPS) is 23.1. The maximum atomic E-state index is 12.2. The topological polar surface area (TPSA) is 41.6 Å². The summed E-state index contributed by atoms with van der Waals surface area (Å²) in [6.07, 6.45) is 0.317. The van der Waals surface area contributed by atoms with E-state index in [1.54, 1.807) is 0 Å². The standard InChI is InChI=1S/C16H23ClN2O2/c1-10-5-11(2)16(14(17)6-10)18-15(20)9-19-7-12(3)21-13(4)8-19/h5-6,12-13H,7-9H2,1-4H3,(H,18,20)/t12-,13-/m1/s1. The van der Waals surface area contributed by atoms with E-state index in [0.29, 0.717) is 17.3 Å². The first-order chi connectivity index (χ1) is 9.85. The molecule has 0 radical (unpaired) electrons. The van der Waals surface area contributed by atoms with Gasteiger partial charge in [0, 0.05) is 13.1 Å². The van der Waals surface area contributed by atoms with E-state index in [1.807, 2.05) is 39.8 Å². The molecule has 0 aromatic heterocycles. The second kappa shape index (κ2) is 6.77. The van der Waals surface area contributed by atoms with Crippen LogP contribution in [-0.2, 0) is 9.53 Å². The fraction of sp³-hybridized carbons (Fsp3) is 0.562. The van der Waals surface area contributed by atoms with Gasteiger partial charge in [-0.1, -0.05) is 17.7 Å². The molecule has 1 heterocycles. The lowest BCUT2D eigenvalue weighted by molar-refractivity contribution is -0.121. The molecule has 1 aliphatic heterocycles. The van der Waals surface area contributed by atoms with E-state index in [0.717, 1.165) is 24.2 Å². The van der Waals surface area contributed by atoms with E-state index in [1.165, 1.54) is 0 Å². The summed E-state index contributed by atoms with van der Waals surface area (Å²) < 4.78 is 5.67. The van der Waals surface area contributed by atoms with Crippen molar-refractivity contribution in [3.05, 3.63) is 28.3 Å². The molecule has 5 heteroatoms. The van der Waals surface area contributed by atoms with Crippen molar-refractivity contribution in [1.82, 2.24) is 4.90 Å². The van der Waals surface area contributed by atoms with Crippen LogP contribution in [0.4, 0.5) is 5.69 Å². The SMILES string of the molecule is Cc1cc(C)c(NC(=O)CN2C[C@@H](C)O[C@H](C)C2)c(Cl)c1. The van der Waals surface area contributed by atoms with Gasteiger partial charge in [0.1, 0.15) is 0 Å². The van der Waals surface area contributed by atoms with Crippen molar-refractivity contribution in [2.24, 2.45) is 0 Å². The van der Waals surface area contributed by atoms with E-state index < -0.39 is 0 Å². The summed E-state index contributed by atoms with van der Waals surface area (Å²) >= 11 is 6.22. The first kappa shape index (κ1) is 16.3. The van der Waals surface area contributed by atoms with Gasteiger partial charge in [0.15, 0.2) is 0 Å². The molecule has 21 heavy (non-hydrogen) atoms. The van der Waals surface area contributed by atoms with Gasteiger partial charge in [0.25, 0.3) is 0 Å². The third-order valence-electron chi connectivity index (χ3n) is 3.56. The molecule has 0 spiro atoms. The van der Waals surface area contributed by atoms with E-state index in [-0.39, 0.29) is 18.1 Å². The molecule has 1 saturated heterocycles. The first-order valence-corrected chi connectivity index (χ1v) is 7.67. The molecule has 0 unspecified atom stereocenters. The first-order valence-electron chi connectivity index (χ1n) is 7.29. The quantitative estimate of drug-likeness (QED) is 0.933. The second-order valence-corrected chi connectivity index (χ2v) is 6.35. The molecule has 1 aromatic rings. The largest absolute Gasteiger partial charge is 0.373 e. The maximum Gasteiger partial charge on any atom is 0.238 e. The molecule has 1 aliphatic rings. The highest BCUT2D eigenvalue weighted by Crippen LogP contribution is 2.27. The Balaban J connectivity index is 1.99. The number of ether oxygens (including phenoxy) is 1. The van der Waals surface area contributed by atoms with Gasteiger partial charge in [-0.25, -0.2) is 0 Å². The van der Waals surface area contributed by atoms with Crippen molar-refractivity contribution >= 4 is 23.2 Å². The lowest BCUT2D eigenvalue weighted by Crippen LogP contribution is -2.48. The average molecular weight is 311 g/mol. The van der Waals surface area contributed by atoms with Crippen LogP contribution in [0, 0.1) is 13.8 Å². The Labute approximate surface area is 131 Å². The molecule has 1 fully saturated rings. The van der Waals surface area contributed by atoms with Crippen LogP contribution >= 0.6 is 11.6 Å². The summed E-state index contributed by atoms with van der Waals surface area (Å²) in [6.45, 7) is 9.91. The van der Waals surface area contributed by atoms with Gasteiger partial charge in [0.2, 0.25) is 5.91 Å². The number of hydrogen-bond donors (Lipinski definition) is 1. The van der Waals surface area contributed by atoms with Gasteiger partial charge < -0.3 is 10.1 Å². The Hall–Kier alpha value is -1.10. The second-order valence-electron chi connectivity index (χ2n) is 5.94. The van der Waals surface area contributed by atoms with Crippen molar-refractivity contribution in [1.29, 1.82) is 0 Å². The molecule has 1 aromatic carbocycles. The molecule has 2 rings (SSSR count). The zero-order valence-corrected chi connectivity index (χ0v) is 13.8. The predicted octanol–water partition coefficient (Wildman–Crippen LogP) is 3.00. The van der Waals surface area contributed by atoms with Crippen molar-refractivity contribution < 1.29 is 9.53 Å². The van der Waals surface area contributed by atoms with Gasteiger partial charge in [-0.15, -0.1) is 0 Å². The number of carbonyl (C=O) groups is 1. The van der Waals surface area contributed by atoms with Crippen LogP contribution in [0.25, 0.3) is 0 Å². The van der Waals surface area contributed by atoms with Crippen LogP contribution in [0.2, 0.25) is 5.02 Å². The number of nitrogens with one attached hydrogen (secondary N) is 1. The zero-order chi connectivity index (χ0) is 15.6. The Kier molecular flexibility index (Phi) is 5.25. The van der Waals surface area contributed by atoms with Crippen LogP contribution in [0.3, 0.4) is 0 Å². The third-order valence-corrected chi connectivity index (χ3v) is 3.86. The molecule has 0 bridgehead atoms. The fourth-order valence-corrected chi connectivity index (χ4v) is 3.24. The minimum Gasteiger partial charge on any atom is -0.373 e. The smallest absolute Gasteiger partial charge is 0.238 e. The molecule has 4 nitrogen and oxygen atoms in total. The number of carbonyl (C=O) groups excluding carboxylic acids is 1. The number of amides is 1. The molecule has 2 atom stereocenters. The Morgan fingerprint density at radius 1 is 1.33 bits per heavy atom. The number of nitrogens with zero attached hydrogens (tertiary/aromatic N) is 1. The van der Waals surface area contributed by atoms with Crippen molar-refractivity contribution in [3.8, 4) is 0 Å². The van der Waals surface area contributed by atoms with Crippen LogP contribution < -0.4 is 5.32 Å². The maximum absolute atomic E-state index is 12.2. The molecule has 1 amide bonds. The Bertz CT molecular complexity index is 500. The highest BCUT2D eigenvalue weighted by Gasteiger charge is 2.24. The van der Waals surface area contributed by atoms with Crippen molar-refractivity contribution in [2.75, 3.05) is 25.0 Å². The Morgan fingerprint density at radius 3 is 2.52 bits per heavy atom. The summed E-state index contributed by atoms with van der Waals surface area (Å²) in [5.74, 6) is -0.0369.